The summed E-state index contributed by atoms with van der Waals surface area (Å²) < 4.78 is 57.1. The molecule has 14 nitrogen and oxygen atoms in total. The molecule has 5 N–H and O–H groups in total. The summed E-state index contributed by atoms with van der Waals surface area (Å²) in [6, 6.07) is 13.8. The number of carbonyl (C=O) groups excluding carboxylic acids is 2. The van der Waals surface area contributed by atoms with Gasteiger partial charge in [-0.25, -0.2) is 13.9 Å². The zero-order valence-corrected chi connectivity index (χ0v) is 27.6. The third-order valence-electron chi connectivity index (χ3n) is 6.24. The number of sulfonamides is 1. The minimum atomic E-state index is -4.76. The van der Waals surface area contributed by atoms with Crippen LogP contribution in [0.25, 0.3) is 5.57 Å². The van der Waals surface area contributed by atoms with Crippen molar-refractivity contribution in [2.24, 2.45) is 0 Å². The van der Waals surface area contributed by atoms with Crippen molar-refractivity contribution in [1.29, 1.82) is 0 Å². The zero-order valence-electron chi connectivity index (χ0n) is 24.9. The number of amides is 2. The van der Waals surface area contributed by atoms with Crippen LogP contribution in [-0.4, -0.2) is 77.6 Å². The molecule has 0 radical (unpaired) electrons. The van der Waals surface area contributed by atoms with E-state index in [1.54, 1.807) is 32.9 Å². The second-order valence-corrected chi connectivity index (χ2v) is 15.3. The third-order valence-corrected chi connectivity index (χ3v) is 10.9. The molecular formula is C28H38AsN3O11S. The first-order valence-electron chi connectivity index (χ1n) is 13.4. The summed E-state index contributed by atoms with van der Waals surface area (Å²) in [6.07, 6.45) is 4.51. The smallest absolute Gasteiger partial charge is 0.270 e. The first-order chi connectivity index (χ1) is 20.7. The molecule has 242 valence electrons. The number of carbonyl (C=O) groups is 2. The second-order valence-electron chi connectivity index (χ2n) is 9.72. The Morgan fingerprint density at radius 2 is 1.73 bits per heavy atom. The SMILES string of the molecule is CC(=O)Nc1ccc([As](=O)(O)OO)cc1.CCC(C(=O)NO)N(OC(C)C)S(=O)(=O)C1(OC)C=CC(c2ccccc2)=CC1. The predicted octanol–water partition coefficient (Wildman–Crippen LogP) is 2.33. The molecule has 1 aliphatic rings. The summed E-state index contributed by atoms with van der Waals surface area (Å²) in [5, 5.41) is 19.7. The van der Waals surface area contributed by atoms with Crippen LogP contribution < -0.4 is 15.1 Å². The number of nitrogens with zero attached hydrogens (tertiary/aromatic N) is 1. The molecule has 0 bridgehead atoms. The van der Waals surface area contributed by atoms with Crippen molar-refractivity contribution >= 4 is 51.6 Å². The molecule has 0 heterocycles. The Labute approximate surface area is 259 Å². The van der Waals surface area contributed by atoms with Gasteiger partial charge in [0.15, 0.2) is 0 Å². The van der Waals surface area contributed by atoms with Crippen LogP contribution in [0.3, 0.4) is 0 Å². The normalized spacial score (nSPS) is 18.5. The molecule has 3 atom stereocenters. The monoisotopic (exact) mass is 699 g/mol. The maximum absolute atomic E-state index is 13.6. The van der Waals surface area contributed by atoms with Crippen LogP contribution in [0.4, 0.5) is 5.69 Å². The van der Waals surface area contributed by atoms with Gasteiger partial charge in [-0.2, -0.15) is 0 Å². The minimum Gasteiger partial charge on any atom is -0.357 e. The summed E-state index contributed by atoms with van der Waals surface area (Å²) in [5.74, 6) is -1.12. The van der Waals surface area contributed by atoms with Crippen LogP contribution in [0, 0.1) is 0 Å². The summed E-state index contributed by atoms with van der Waals surface area (Å²) in [5.41, 5.74) is 3.82. The number of ether oxygens (including phenoxy) is 1. The molecule has 16 heteroatoms. The van der Waals surface area contributed by atoms with Gasteiger partial charge in [0.2, 0.25) is 4.93 Å². The Balaban J connectivity index is 0.000000378. The molecule has 0 spiro atoms. The van der Waals surface area contributed by atoms with E-state index in [1.165, 1.54) is 49.9 Å². The number of nitrogens with one attached hydrogen (secondary N) is 2. The fourth-order valence-corrected chi connectivity index (χ4v) is 7.26. The van der Waals surface area contributed by atoms with E-state index in [1.807, 2.05) is 30.3 Å². The number of benzene rings is 2. The molecule has 0 saturated heterocycles. The Morgan fingerprint density at radius 1 is 1.11 bits per heavy atom. The van der Waals surface area contributed by atoms with Crippen LogP contribution in [-0.2, 0) is 36.8 Å². The van der Waals surface area contributed by atoms with E-state index in [9.17, 15) is 21.7 Å². The van der Waals surface area contributed by atoms with Crippen molar-refractivity contribution < 1.29 is 49.8 Å². The molecule has 1 aliphatic carbocycles. The minimum absolute atomic E-state index is 0.00438. The Kier molecular flexibility index (Phi) is 13.7. The van der Waals surface area contributed by atoms with Crippen molar-refractivity contribution in [2.75, 3.05) is 12.4 Å². The Morgan fingerprint density at radius 3 is 2.16 bits per heavy atom. The number of methoxy groups -OCH3 is 1. The van der Waals surface area contributed by atoms with E-state index < -0.39 is 47.2 Å². The van der Waals surface area contributed by atoms with Crippen molar-refractivity contribution in [2.45, 2.75) is 57.6 Å². The largest absolute Gasteiger partial charge is 0.357 e. The van der Waals surface area contributed by atoms with Gasteiger partial charge in [-0.3, -0.25) is 14.8 Å². The summed E-state index contributed by atoms with van der Waals surface area (Å²) in [7, 11) is -3.02. The van der Waals surface area contributed by atoms with Gasteiger partial charge in [-0.15, -0.1) is 0 Å². The molecule has 0 aromatic heterocycles. The van der Waals surface area contributed by atoms with Crippen LogP contribution >= 0.6 is 0 Å². The standard InChI is InChI=1S/C20H28N2O6S.C8H10AsNO5/c1-5-18(19(23)21-24)22(28-15(2)3)29(25,26)20(27-4)13-11-17(12-14-20)16-9-7-6-8-10-16;1-6(11)10-8-4-2-7(3-5-8)9(12,13)15-14/h6-13,15,18,24H,5,14H2,1-4H3,(H,21,23);2-5,14H,1H3,(H,10,11)(H,12,13). The fourth-order valence-electron chi connectivity index (χ4n) is 4.04. The van der Waals surface area contributed by atoms with Gasteiger partial charge in [0, 0.05) is 13.5 Å². The van der Waals surface area contributed by atoms with E-state index in [4.69, 9.17) is 24.1 Å². The van der Waals surface area contributed by atoms with E-state index >= 15 is 0 Å². The third kappa shape index (κ3) is 9.20. The Hall–Kier alpha value is -3.11. The van der Waals surface area contributed by atoms with Gasteiger partial charge in [-0.1, -0.05) is 53.9 Å². The van der Waals surface area contributed by atoms with Crippen molar-refractivity contribution in [3.05, 3.63) is 78.4 Å². The average Bonchev–Trinajstić information content (AvgIpc) is 3.01. The first kappa shape index (κ1) is 37.1. The van der Waals surface area contributed by atoms with Gasteiger partial charge < -0.3 is 4.74 Å². The number of hydrogen-bond acceptors (Lipinski definition) is 10. The van der Waals surface area contributed by atoms with Crippen LogP contribution in [0.1, 0.15) is 46.1 Å². The predicted molar refractivity (Wildman–Crippen MR) is 162 cm³/mol. The molecule has 2 aromatic carbocycles. The number of anilines is 1. The maximum atomic E-state index is 13.6. The number of hydroxylamine groups is 2. The summed E-state index contributed by atoms with van der Waals surface area (Å²) in [4.78, 5) is 26.6. The van der Waals surface area contributed by atoms with Gasteiger partial charge in [0.05, 0.1) is 6.10 Å². The van der Waals surface area contributed by atoms with Gasteiger partial charge in [-0.05, 0) is 37.5 Å². The van der Waals surface area contributed by atoms with E-state index in [2.05, 4.69) is 9.19 Å². The van der Waals surface area contributed by atoms with Crippen molar-refractivity contribution in [3.63, 3.8) is 0 Å². The quantitative estimate of drug-likeness (QED) is 0.0943. The fraction of sp³-hybridized carbons (Fsp3) is 0.357. The van der Waals surface area contributed by atoms with Crippen LogP contribution in [0.2, 0.25) is 0 Å². The van der Waals surface area contributed by atoms with Gasteiger partial charge in [0.25, 0.3) is 15.9 Å². The summed E-state index contributed by atoms with van der Waals surface area (Å²) in [6.45, 7) is 6.27. The molecule has 2 amide bonds. The summed E-state index contributed by atoms with van der Waals surface area (Å²) >= 11 is -4.76. The molecule has 3 unspecified atom stereocenters. The second kappa shape index (κ2) is 16.3. The maximum Gasteiger partial charge on any atom is 0.270 e. The first-order valence-corrected chi connectivity index (χ1v) is 18.1. The van der Waals surface area contributed by atoms with Gasteiger partial charge in [0.1, 0.15) is 6.04 Å². The molecule has 0 saturated carbocycles. The average molecular weight is 700 g/mol. The molecular weight excluding hydrogens is 661 g/mol. The zero-order chi connectivity index (χ0) is 33.1. The number of allylic oxidation sites excluding steroid dienone is 2. The molecule has 0 aliphatic heterocycles. The van der Waals surface area contributed by atoms with E-state index in [0.717, 1.165) is 11.1 Å². The molecule has 44 heavy (non-hydrogen) atoms. The number of hydrogen-bond donors (Lipinski definition) is 5. The van der Waals surface area contributed by atoms with Crippen LogP contribution in [0.15, 0.2) is 72.8 Å². The number of rotatable bonds is 12. The van der Waals surface area contributed by atoms with E-state index in [-0.39, 0.29) is 23.1 Å². The van der Waals surface area contributed by atoms with Gasteiger partial charge >= 0.3 is 88.4 Å². The van der Waals surface area contributed by atoms with E-state index in [0.29, 0.717) is 10.2 Å². The van der Waals surface area contributed by atoms with Crippen molar-refractivity contribution in [1.82, 2.24) is 9.95 Å². The molecule has 2 aromatic rings. The topological polar surface area (TPSA) is 201 Å². The van der Waals surface area contributed by atoms with Crippen molar-refractivity contribution in [3.8, 4) is 0 Å². The Bertz CT molecular complexity index is 1480. The van der Waals surface area contributed by atoms with Crippen LogP contribution in [0.5, 0.6) is 0 Å². The molecule has 0 fully saturated rings. The molecule has 3 rings (SSSR count).